The Hall–Kier alpha value is -2.49. The first-order chi connectivity index (χ1) is 10.1. The van der Waals surface area contributed by atoms with Gasteiger partial charge in [0.1, 0.15) is 11.4 Å². The summed E-state index contributed by atoms with van der Waals surface area (Å²) >= 11 is 0. The number of rotatable bonds is 3. The highest BCUT2D eigenvalue weighted by Gasteiger charge is 2.13. The summed E-state index contributed by atoms with van der Waals surface area (Å²) < 4.78 is 8.07. The SMILES string of the molecule is Cc1cc(Oc2cccc3nccn23)c(C(C)C)cc1N. The number of ether oxygens (including phenoxy) is 1. The minimum Gasteiger partial charge on any atom is -0.440 e. The van der Waals surface area contributed by atoms with Crippen LogP contribution in [-0.2, 0) is 0 Å². The summed E-state index contributed by atoms with van der Waals surface area (Å²) in [5, 5.41) is 0. The largest absolute Gasteiger partial charge is 0.440 e. The minimum absolute atomic E-state index is 0.338. The van der Waals surface area contributed by atoms with Gasteiger partial charge in [0.05, 0.1) is 0 Å². The molecule has 0 aliphatic carbocycles. The van der Waals surface area contributed by atoms with Gasteiger partial charge in [0, 0.05) is 18.1 Å². The highest BCUT2D eigenvalue weighted by Crippen LogP contribution is 2.34. The number of anilines is 1. The Kier molecular flexibility index (Phi) is 3.29. The number of fused-ring (bicyclic) bond motifs is 1. The maximum Gasteiger partial charge on any atom is 0.205 e. The van der Waals surface area contributed by atoms with E-state index >= 15 is 0 Å². The monoisotopic (exact) mass is 281 g/mol. The third-order valence-corrected chi connectivity index (χ3v) is 3.63. The van der Waals surface area contributed by atoms with E-state index in [0.29, 0.717) is 5.92 Å². The van der Waals surface area contributed by atoms with Gasteiger partial charge in [-0.1, -0.05) is 19.9 Å². The molecule has 0 bridgehead atoms. The summed E-state index contributed by atoms with van der Waals surface area (Å²) in [7, 11) is 0. The second kappa shape index (κ2) is 5.13. The molecule has 2 heterocycles. The Morgan fingerprint density at radius 2 is 2.05 bits per heavy atom. The molecule has 0 aliphatic rings. The van der Waals surface area contributed by atoms with Crippen LogP contribution < -0.4 is 10.5 Å². The molecule has 0 saturated carbocycles. The van der Waals surface area contributed by atoms with Gasteiger partial charge in [0.15, 0.2) is 0 Å². The Labute approximate surface area is 124 Å². The van der Waals surface area contributed by atoms with Crippen LogP contribution in [0.25, 0.3) is 5.65 Å². The zero-order valence-electron chi connectivity index (χ0n) is 12.5. The summed E-state index contributed by atoms with van der Waals surface area (Å²) in [5.41, 5.74) is 9.82. The zero-order chi connectivity index (χ0) is 15.0. The van der Waals surface area contributed by atoms with Crippen molar-refractivity contribution in [2.75, 3.05) is 5.73 Å². The van der Waals surface area contributed by atoms with Gasteiger partial charge in [0.25, 0.3) is 0 Å². The van der Waals surface area contributed by atoms with E-state index in [1.165, 1.54) is 0 Å². The number of pyridine rings is 1. The van der Waals surface area contributed by atoms with Crippen LogP contribution in [0.5, 0.6) is 11.6 Å². The van der Waals surface area contributed by atoms with Crippen molar-refractivity contribution in [3.63, 3.8) is 0 Å². The maximum absolute atomic E-state index is 6.15. The standard InChI is InChI=1S/C17H19N3O/c1-11(2)13-10-14(18)12(3)9-15(13)21-17-6-4-5-16-19-7-8-20(16)17/h4-11H,18H2,1-3H3. The lowest BCUT2D eigenvalue weighted by Crippen LogP contribution is -2.00. The molecule has 0 fully saturated rings. The number of aromatic nitrogens is 2. The lowest BCUT2D eigenvalue weighted by atomic mass is 9.99. The van der Waals surface area contributed by atoms with Gasteiger partial charge in [-0.25, -0.2) is 4.98 Å². The molecule has 108 valence electrons. The number of benzene rings is 1. The average Bonchev–Trinajstić information content (AvgIpc) is 2.91. The van der Waals surface area contributed by atoms with Gasteiger partial charge in [-0.15, -0.1) is 0 Å². The molecular formula is C17H19N3O. The van der Waals surface area contributed by atoms with Crippen LogP contribution >= 0.6 is 0 Å². The third-order valence-electron chi connectivity index (χ3n) is 3.63. The normalized spacial score (nSPS) is 11.2. The number of imidazole rings is 1. The van der Waals surface area contributed by atoms with Crippen LogP contribution in [-0.4, -0.2) is 9.38 Å². The molecule has 2 N–H and O–H groups in total. The second-order valence-electron chi connectivity index (χ2n) is 5.52. The Morgan fingerprint density at radius 3 is 2.81 bits per heavy atom. The van der Waals surface area contributed by atoms with Crippen molar-refractivity contribution >= 4 is 11.3 Å². The number of hydrogen-bond donors (Lipinski definition) is 1. The lowest BCUT2D eigenvalue weighted by Gasteiger charge is -2.16. The summed E-state index contributed by atoms with van der Waals surface area (Å²) in [6, 6.07) is 9.83. The molecular weight excluding hydrogens is 262 g/mol. The van der Waals surface area contributed by atoms with E-state index in [9.17, 15) is 0 Å². The summed E-state index contributed by atoms with van der Waals surface area (Å²) in [5.74, 6) is 1.93. The van der Waals surface area contributed by atoms with Crippen LogP contribution in [0.3, 0.4) is 0 Å². The molecule has 0 unspecified atom stereocenters. The van der Waals surface area contributed by atoms with Crippen molar-refractivity contribution in [3.05, 3.63) is 53.9 Å². The molecule has 21 heavy (non-hydrogen) atoms. The predicted molar refractivity (Wildman–Crippen MR) is 84.9 cm³/mol. The number of aryl methyl sites for hydroxylation is 1. The topological polar surface area (TPSA) is 52.5 Å². The quantitative estimate of drug-likeness (QED) is 0.734. The summed E-state index contributed by atoms with van der Waals surface area (Å²) in [4.78, 5) is 4.27. The lowest BCUT2D eigenvalue weighted by molar-refractivity contribution is 0.448. The van der Waals surface area contributed by atoms with Crippen LogP contribution in [0, 0.1) is 6.92 Å². The minimum atomic E-state index is 0.338. The van der Waals surface area contributed by atoms with Crippen LogP contribution in [0.4, 0.5) is 5.69 Å². The van der Waals surface area contributed by atoms with Gasteiger partial charge in [0.2, 0.25) is 5.88 Å². The van der Waals surface area contributed by atoms with Crippen molar-refractivity contribution in [1.82, 2.24) is 9.38 Å². The molecule has 0 atom stereocenters. The molecule has 0 aliphatic heterocycles. The van der Waals surface area contributed by atoms with E-state index in [4.69, 9.17) is 10.5 Å². The number of nitrogens with zero attached hydrogens (tertiary/aromatic N) is 2. The van der Waals surface area contributed by atoms with Crippen molar-refractivity contribution in [2.45, 2.75) is 26.7 Å². The smallest absolute Gasteiger partial charge is 0.205 e. The first-order valence-corrected chi connectivity index (χ1v) is 7.06. The first-order valence-electron chi connectivity index (χ1n) is 7.06. The molecule has 0 radical (unpaired) electrons. The molecule has 1 aromatic carbocycles. The highest BCUT2D eigenvalue weighted by atomic mass is 16.5. The van der Waals surface area contributed by atoms with Gasteiger partial charge in [-0.3, -0.25) is 4.40 Å². The Bertz CT molecular complexity index is 790. The zero-order valence-corrected chi connectivity index (χ0v) is 12.5. The van der Waals surface area contributed by atoms with Gasteiger partial charge in [-0.05, 0) is 48.2 Å². The van der Waals surface area contributed by atoms with Crippen molar-refractivity contribution in [3.8, 4) is 11.6 Å². The van der Waals surface area contributed by atoms with E-state index in [1.807, 2.05) is 47.9 Å². The Morgan fingerprint density at radius 1 is 1.24 bits per heavy atom. The van der Waals surface area contributed by atoms with Crippen molar-refractivity contribution in [2.24, 2.45) is 0 Å². The molecule has 0 amide bonds. The number of nitrogens with two attached hydrogens (primary N) is 1. The van der Waals surface area contributed by atoms with Crippen LogP contribution in [0.15, 0.2) is 42.7 Å². The fourth-order valence-electron chi connectivity index (χ4n) is 2.37. The number of hydrogen-bond acceptors (Lipinski definition) is 3. The van der Waals surface area contributed by atoms with E-state index in [-0.39, 0.29) is 0 Å². The van der Waals surface area contributed by atoms with E-state index < -0.39 is 0 Å². The second-order valence-corrected chi connectivity index (χ2v) is 5.52. The third kappa shape index (κ3) is 2.44. The molecule has 0 saturated heterocycles. The maximum atomic E-state index is 6.15. The van der Waals surface area contributed by atoms with Crippen LogP contribution in [0.2, 0.25) is 0 Å². The van der Waals surface area contributed by atoms with E-state index in [1.54, 1.807) is 6.20 Å². The fraction of sp³-hybridized carbons (Fsp3) is 0.235. The molecule has 3 rings (SSSR count). The van der Waals surface area contributed by atoms with Crippen molar-refractivity contribution in [1.29, 1.82) is 0 Å². The Balaban J connectivity index is 2.09. The fourth-order valence-corrected chi connectivity index (χ4v) is 2.37. The van der Waals surface area contributed by atoms with E-state index in [0.717, 1.165) is 34.1 Å². The van der Waals surface area contributed by atoms with Crippen LogP contribution in [0.1, 0.15) is 30.9 Å². The van der Waals surface area contributed by atoms with Gasteiger partial charge in [-0.2, -0.15) is 0 Å². The molecule has 0 spiro atoms. The summed E-state index contributed by atoms with van der Waals surface area (Å²) in [6.07, 6.45) is 3.66. The average molecular weight is 281 g/mol. The molecule has 2 aromatic heterocycles. The van der Waals surface area contributed by atoms with Gasteiger partial charge >= 0.3 is 0 Å². The molecule has 4 nitrogen and oxygen atoms in total. The highest BCUT2D eigenvalue weighted by molar-refractivity contribution is 5.56. The molecule has 3 aromatic rings. The first kappa shape index (κ1) is 13.5. The predicted octanol–water partition coefficient (Wildman–Crippen LogP) is 4.14. The molecule has 4 heteroatoms. The van der Waals surface area contributed by atoms with Gasteiger partial charge < -0.3 is 10.5 Å². The van der Waals surface area contributed by atoms with Crippen molar-refractivity contribution < 1.29 is 4.74 Å². The van der Waals surface area contributed by atoms with E-state index in [2.05, 4.69) is 18.8 Å². The summed E-state index contributed by atoms with van der Waals surface area (Å²) in [6.45, 7) is 6.26. The number of nitrogen functional groups attached to an aromatic ring is 1.